The summed E-state index contributed by atoms with van der Waals surface area (Å²) >= 11 is 0. The molecule has 1 saturated carbocycles. The molecule has 1 aliphatic rings. The highest BCUT2D eigenvalue weighted by Crippen LogP contribution is 2.36. The van der Waals surface area contributed by atoms with Crippen LogP contribution in [0.2, 0.25) is 0 Å². The second kappa shape index (κ2) is 7.25. The summed E-state index contributed by atoms with van der Waals surface area (Å²) in [6.45, 7) is 2.08. The monoisotopic (exact) mass is 373 g/mol. The van der Waals surface area contributed by atoms with Crippen molar-refractivity contribution in [3.63, 3.8) is 0 Å². The fourth-order valence-corrected chi connectivity index (χ4v) is 3.62. The summed E-state index contributed by atoms with van der Waals surface area (Å²) in [6.07, 6.45) is 4.12. The Hall–Kier alpha value is -2.11. The van der Waals surface area contributed by atoms with Gasteiger partial charge in [0.1, 0.15) is 5.75 Å². The maximum atomic E-state index is 6.44. The highest BCUT2D eigenvalue weighted by Gasteiger charge is 2.36. The Morgan fingerprint density at radius 3 is 2.54 bits per heavy atom. The molecule has 2 N–H and O–H groups in total. The highest BCUT2D eigenvalue weighted by atomic mass is 35.5. The van der Waals surface area contributed by atoms with Gasteiger partial charge in [-0.2, -0.15) is 4.98 Å². The second-order valence-electron chi connectivity index (χ2n) is 7.01. The van der Waals surface area contributed by atoms with Crippen molar-refractivity contribution in [2.45, 2.75) is 44.1 Å². The quantitative estimate of drug-likeness (QED) is 0.727. The number of nitrogens with zero attached hydrogens (tertiary/aromatic N) is 2. The summed E-state index contributed by atoms with van der Waals surface area (Å²) in [7, 11) is 1.68. The number of hydrogen-bond acceptors (Lipinski definition) is 5. The van der Waals surface area contributed by atoms with Crippen LogP contribution in [0.15, 0.2) is 40.9 Å². The van der Waals surface area contributed by atoms with Crippen LogP contribution in [0.4, 0.5) is 0 Å². The smallest absolute Gasteiger partial charge is 0.233 e. The van der Waals surface area contributed by atoms with E-state index in [4.69, 9.17) is 15.0 Å². The van der Waals surface area contributed by atoms with Crippen LogP contribution in [0.25, 0.3) is 10.8 Å². The summed E-state index contributed by atoms with van der Waals surface area (Å²) < 4.78 is 10.8. The summed E-state index contributed by atoms with van der Waals surface area (Å²) in [5, 5.41) is 6.48. The number of fused-ring (bicyclic) bond motifs is 1. The van der Waals surface area contributed by atoms with E-state index in [0.29, 0.717) is 11.7 Å². The van der Waals surface area contributed by atoms with Crippen LogP contribution in [-0.4, -0.2) is 17.3 Å². The average molecular weight is 374 g/mol. The predicted octanol–water partition coefficient (Wildman–Crippen LogP) is 4.53. The molecule has 1 aromatic heterocycles. The molecular weight excluding hydrogens is 350 g/mol. The van der Waals surface area contributed by atoms with Gasteiger partial charge in [0.25, 0.3) is 0 Å². The van der Waals surface area contributed by atoms with E-state index in [1.807, 2.05) is 12.1 Å². The highest BCUT2D eigenvalue weighted by molar-refractivity contribution is 5.85. The van der Waals surface area contributed by atoms with E-state index in [1.165, 1.54) is 0 Å². The molecule has 0 saturated heterocycles. The zero-order chi connectivity index (χ0) is 17.4. The van der Waals surface area contributed by atoms with Gasteiger partial charge in [-0.25, -0.2) is 0 Å². The first-order valence-electron chi connectivity index (χ1n) is 8.80. The van der Waals surface area contributed by atoms with Gasteiger partial charge in [-0.1, -0.05) is 42.3 Å². The van der Waals surface area contributed by atoms with Gasteiger partial charge in [0.05, 0.1) is 18.6 Å². The van der Waals surface area contributed by atoms with Crippen molar-refractivity contribution in [2.24, 2.45) is 5.73 Å². The SMILES string of the molecule is COc1ccc2cc(C(C)c3nc(C4(N)CCCC4)no3)ccc2c1.Cl. The molecule has 1 heterocycles. The summed E-state index contributed by atoms with van der Waals surface area (Å²) in [5.74, 6) is 2.16. The number of halogens is 1. The predicted molar refractivity (Wildman–Crippen MR) is 104 cm³/mol. The van der Waals surface area contributed by atoms with Crippen LogP contribution in [-0.2, 0) is 5.54 Å². The average Bonchev–Trinajstić information content (AvgIpc) is 3.30. The first-order valence-corrected chi connectivity index (χ1v) is 8.80. The van der Waals surface area contributed by atoms with E-state index in [2.05, 4.69) is 41.3 Å². The molecule has 1 aliphatic carbocycles. The molecule has 0 radical (unpaired) electrons. The van der Waals surface area contributed by atoms with Crippen LogP contribution >= 0.6 is 12.4 Å². The number of aromatic nitrogens is 2. The van der Waals surface area contributed by atoms with Crippen LogP contribution in [0.1, 0.15) is 55.8 Å². The van der Waals surface area contributed by atoms with Crippen LogP contribution < -0.4 is 10.5 Å². The van der Waals surface area contributed by atoms with Gasteiger partial charge in [-0.15, -0.1) is 12.4 Å². The van der Waals surface area contributed by atoms with Gasteiger partial charge in [0, 0.05) is 0 Å². The van der Waals surface area contributed by atoms with Gasteiger partial charge in [0.2, 0.25) is 5.89 Å². The minimum absolute atomic E-state index is 0. The van der Waals surface area contributed by atoms with Gasteiger partial charge in [-0.3, -0.25) is 0 Å². The molecule has 138 valence electrons. The maximum absolute atomic E-state index is 6.44. The Balaban J connectivity index is 0.00000196. The fraction of sp³-hybridized carbons (Fsp3) is 0.400. The molecule has 4 rings (SSSR count). The first kappa shape index (κ1) is 18.7. The largest absolute Gasteiger partial charge is 0.497 e. The third kappa shape index (κ3) is 3.29. The zero-order valence-electron chi connectivity index (χ0n) is 15.1. The maximum Gasteiger partial charge on any atom is 0.233 e. The van der Waals surface area contributed by atoms with E-state index in [-0.39, 0.29) is 18.3 Å². The molecule has 26 heavy (non-hydrogen) atoms. The molecule has 0 amide bonds. The molecule has 1 fully saturated rings. The Morgan fingerprint density at radius 2 is 1.81 bits per heavy atom. The summed E-state index contributed by atoms with van der Waals surface area (Å²) in [5.41, 5.74) is 7.17. The molecule has 0 aliphatic heterocycles. The summed E-state index contributed by atoms with van der Waals surface area (Å²) in [4.78, 5) is 4.62. The van der Waals surface area contributed by atoms with Crippen LogP contribution in [0.5, 0.6) is 5.75 Å². The molecule has 1 unspecified atom stereocenters. The van der Waals surface area contributed by atoms with Crippen LogP contribution in [0.3, 0.4) is 0 Å². The topological polar surface area (TPSA) is 74.2 Å². The standard InChI is InChI=1S/C20H23N3O2.ClH/c1-13(18-22-19(23-25-18)20(21)9-3-4-10-20)14-5-6-16-12-17(24-2)8-7-15(16)11-14;/h5-8,11-13H,3-4,9-10,21H2,1-2H3;1H. The van der Waals surface area contributed by atoms with Gasteiger partial charge in [-0.05, 0) is 48.2 Å². The molecule has 0 spiro atoms. The van der Waals surface area contributed by atoms with Crippen molar-refractivity contribution in [1.82, 2.24) is 10.1 Å². The molecule has 2 aromatic carbocycles. The van der Waals surface area contributed by atoms with E-state index in [0.717, 1.165) is 47.8 Å². The third-order valence-corrected chi connectivity index (χ3v) is 5.32. The van der Waals surface area contributed by atoms with E-state index in [9.17, 15) is 0 Å². The van der Waals surface area contributed by atoms with E-state index >= 15 is 0 Å². The van der Waals surface area contributed by atoms with Crippen molar-refractivity contribution in [3.8, 4) is 5.75 Å². The third-order valence-electron chi connectivity index (χ3n) is 5.32. The van der Waals surface area contributed by atoms with Crippen molar-refractivity contribution >= 4 is 23.2 Å². The fourth-order valence-electron chi connectivity index (χ4n) is 3.62. The minimum Gasteiger partial charge on any atom is -0.497 e. The number of benzene rings is 2. The molecule has 6 heteroatoms. The van der Waals surface area contributed by atoms with E-state index < -0.39 is 5.54 Å². The zero-order valence-corrected chi connectivity index (χ0v) is 15.9. The van der Waals surface area contributed by atoms with Crippen molar-refractivity contribution in [1.29, 1.82) is 0 Å². The molecule has 5 nitrogen and oxygen atoms in total. The van der Waals surface area contributed by atoms with Crippen molar-refractivity contribution in [2.75, 3.05) is 7.11 Å². The lowest BCUT2D eigenvalue weighted by Gasteiger charge is -2.17. The van der Waals surface area contributed by atoms with Crippen molar-refractivity contribution in [3.05, 3.63) is 53.7 Å². The molecule has 0 bridgehead atoms. The van der Waals surface area contributed by atoms with Gasteiger partial charge in [0.15, 0.2) is 5.82 Å². The van der Waals surface area contributed by atoms with Gasteiger partial charge >= 0.3 is 0 Å². The first-order chi connectivity index (χ1) is 12.1. The number of ether oxygens (including phenoxy) is 1. The number of nitrogens with two attached hydrogens (primary N) is 1. The van der Waals surface area contributed by atoms with Crippen LogP contribution in [0, 0.1) is 0 Å². The Morgan fingerprint density at radius 1 is 1.12 bits per heavy atom. The summed E-state index contributed by atoms with van der Waals surface area (Å²) in [6, 6.07) is 12.4. The normalized spacial score (nSPS) is 17.0. The molecule has 1 atom stereocenters. The number of hydrogen-bond donors (Lipinski definition) is 1. The van der Waals surface area contributed by atoms with Gasteiger partial charge < -0.3 is 15.0 Å². The Bertz CT molecular complexity index is 903. The Kier molecular flexibility index (Phi) is 5.21. The number of rotatable bonds is 4. The lowest BCUT2D eigenvalue weighted by molar-refractivity contribution is 0.344. The molecule has 3 aromatic rings. The second-order valence-corrected chi connectivity index (χ2v) is 7.01. The van der Waals surface area contributed by atoms with E-state index in [1.54, 1.807) is 7.11 Å². The minimum atomic E-state index is -0.415. The van der Waals surface area contributed by atoms with Crippen molar-refractivity contribution < 1.29 is 9.26 Å². The Labute approximate surface area is 159 Å². The molecular formula is C20H24ClN3O2. The number of methoxy groups -OCH3 is 1. The lowest BCUT2D eigenvalue weighted by Crippen LogP contribution is -2.34. The lowest BCUT2D eigenvalue weighted by atomic mass is 9.96.